The number of hydrogen-bond donors (Lipinski definition) is 2. The van der Waals surface area contributed by atoms with Gasteiger partial charge in [-0.25, -0.2) is 4.98 Å². The third-order valence-corrected chi connectivity index (χ3v) is 3.45. The van der Waals surface area contributed by atoms with Crippen molar-refractivity contribution >= 4 is 22.6 Å². The fourth-order valence-electron chi connectivity index (χ4n) is 2.39. The highest BCUT2D eigenvalue weighted by molar-refractivity contribution is 5.83. The van der Waals surface area contributed by atoms with Gasteiger partial charge in [0.2, 0.25) is 5.91 Å². The van der Waals surface area contributed by atoms with Crippen LogP contribution in [0.25, 0.3) is 10.9 Å². The molecule has 0 bridgehead atoms. The van der Waals surface area contributed by atoms with Crippen LogP contribution in [0.5, 0.6) is 0 Å². The fourth-order valence-corrected chi connectivity index (χ4v) is 2.39. The summed E-state index contributed by atoms with van der Waals surface area (Å²) >= 11 is 0. The second kappa shape index (κ2) is 5.17. The van der Waals surface area contributed by atoms with Gasteiger partial charge in [0.05, 0.1) is 11.1 Å². The lowest BCUT2D eigenvalue weighted by atomic mass is 10.1. The van der Waals surface area contributed by atoms with E-state index in [0.717, 1.165) is 17.3 Å². The van der Waals surface area contributed by atoms with Gasteiger partial charge in [0.1, 0.15) is 11.9 Å². The number of nitrogens with zero attached hydrogens (tertiary/aromatic N) is 2. The van der Waals surface area contributed by atoms with E-state index in [1.165, 1.54) is 0 Å². The summed E-state index contributed by atoms with van der Waals surface area (Å²) in [6.45, 7) is 0.589. The summed E-state index contributed by atoms with van der Waals surface area (Å²) in [5.41, 5.74) is 1.37. The number of fused-ring (bicyclic) bond motifs is 1. The molecule has 1 atom stereocenters. The molecule has 1 amide bonds. The maximum absolute atomic E-state index is 11.2. The molecule has 1 fully saturated rings. The number of nitriles is 1. The number of benzene rings is 1. The smallest absolute Gasteiger partial charge is 0.220 e. The van der Waals surface area contributed by atoms with Gasteiger partial charge in [-0.3, -0.25) is 4.79 Å². The molecule has 100 valence electrons. The van der Waals surface area contributed by atoms with Crippen LogP contribution in [0.2, 0.25) is 0 Å². The molecule has 0 radical (unpaired) electrons. The normalized spacial score (nSPS) is 17.8. The summed E-state index contributed by atoms with van der Waals surface area (Å²) in [5, 5.41) is 16.2. The quantitative estimate of drug-likeness (QED) is 0.888. The Kier molecular flexibility index (Phi) is 3.21. The number of nitrogens with one attached hydrogen (secondary N) is 2. The van der Waals surface area contributed by atoms with Gasteiger partial charge in [-0.2, -0.15) is 5.26 Å². The molecular formula is C15H14N4O. The first-order valence-electron chi connectivity index (χ1n) is 6.59. The van der Waals surface area contributed by atoms with Gasteiger partial charge in [-0.05, 0) is 18.6 Å². The third kappa shape index (κ3) is 2.41. The van der Waals surface area contributed by atoms with Crippen LogP contribution in [0.15, 0.2) is 30.3 Å². The van der Waals surface area contributed by atoms with Gasteiger partial charge >= 0.3 is 0 Å². The minimum absolute atomic E-state index is 0.0868. The first-order valence-corrected chi connectivity index (χ1v) is 6.59. The summed E-state index contributed by atoms with van der Waals surface area (Å²) in [5.74, 6) is 0.663. The number of aromatic nitrogens is 1. The highest BCUT2D eigenvalue weighted by atomic mass is 16.1. The van der Waals surface area contributed by atoms with Crippen molar-refractivity contribution in [1.29, 1.82) is 5.26 Å². The van der Waals surface area contributed by atoms with E-state index in [9.17, 15) is 10.1 Å². The molecule has 1 aromatic heterocycles. The van der Waals surface area contributed by atoms with E-state index in [4.69, 9.17) is 0 Å². The lowest BCUT2D eigenvalue weighted by molar-refractivity contribution is -0.119. The number of carbonyl (C=O) groups is 1. The minimum atomic E-state index is 0.0868. The molecule has 1 aliphatic rings. The Morgan fingerprint density at radius 2 is 2.30 bits per heavy atom. The van der Waals surface area contributed by atoms with Gasteiger partial charge in [0, 0.05) is 24.4 Å². The fraction of sp³-hybridized carbons (Fsp3) is 0.267. The number of carbonyl (C=O) groups excluding carboxylic acids is 1. The Morgan fingerprint density at radius 3 is 3.05 bits per heavy atom. The van der Waals surface area contributed by atoms with E-state index < -0.39 is 0 Å². The average Bonchev–Trinajstić information content (AvgIpc) is 2.89. The van der Waals surface area contributed by atoms with Crippen molar-refractivity contribution in [3.63, 3.8) is 0 Å². The Hall–Kier alpha value is -2.61. The topological polar surface area (TPSA) is 77.8 Å². The summed E-state index contributed by atoms with van der Waals surface area (Å²) in [4.78, 5) is 15.6. The highest BCUT2D eigenvalue weighted by Crippen LogP contribution is 2.20. The number of para-hydroxylation sites is 1. The van der Waals surface area contributed by atoms with E-state index >= 15 is 0 Å². The molecule has 3 rings (SSSR count). The number of rotatable bonds is 3. The number of pyridine rings is 1. The molecule has 2 aromatic rings. The Balaban J connectivity index is 1.83. The zero-order chi connectivity index (χ0) is 13.9. The van der Waals surface area contributed by atoms with Crippen LogP contribution >= 0.6 is 0 Å². The maximum Gasteiger partial charge on any atom is 0.220 e. The molecule has 20 heavy (non-hydrogen) atoms. The van der Waals surface area contributed by atoms with Crippen LogP contribution in [-0.4, -0.2) is 23.5 Å². The van der Waals surface area contributed by atoms with Crippen LogP contribution in [0.1, 0.15) is 18.4 Å². The van der Waals surface area contributed by atoms with Gasteiger partial charge < -0.3 is 10.6 Å². The van der Waals surface area contributed by atoms with Crippen molar-refractivity contribution in [1.82, 2.24) is 10.3 Å². The lowest BCUT2D eigenvalue weighted by Crippen LogP contribution is -2.32. The van der Waals surface area contributed by atoms with Crippen molar-refractivity contribution in [2.75, 3.05) is 11.9 Å². The summed E-state index contributed by atoms with van der Waals surface area (Å²) in [7, 11) is 0. The molecule has 5 nitrogen and oxygen atoms in total. The SMILES string of the molecule is N#Cc1cc2ccccc2nc1NCC1CCC(=O)N1. The van der Waals surface area contributed by atoms with Gasteiger partial charge in [0.15, 0.2) is 0 Å². The zero-order valence-electron chi connectivity index (χ0n) is 10.9. The van der Waals surface area contributed by atoms with E-state index in [1.54, 1.807) is 0 Å². The summed E-state index contributed by atoms with van der Waals surface area (Å²) in [6.07, 6.45) is 1.39. The molecule has 1 aliphatic heterocycles. The molecule has 1 aromatic carbocycles. The Labute approximate surface area is 116 Å². The number of hydrogen-bond acceptors (Lipinski definition) is 4. The Morgan fingerprint density at radius 1 is 1.45 bits per heavy atom. The average molecular weight is 266 g/mol. The van der Waals surface area contributed by atoms with Gasteiger partial charge in [0.25, 0.3) is 0 Å². The van der Waals surface area contributed by atoms with Crippen molar-refractivity contribution in [2.45, 2.75) is 18.9 Å². The second-order valence-electron chi connectivity index (χ2n) is 4.87. The van der Waals surface area contributed by atoms with E-state index in [2.05, 4.69) is 21.7 Å². The molecule has 1 unspecified atom stereocenters. The number of anilines is 1. The first-order chi connectivity index (χ1) is 9.76. The molecular weight excluding hydrogens is 252 g/mol. The molecule has 0 aliphatic carbocycles. The zero-order valence-corrected chi connectivity index (χ0v) is 10.9. The summed E-state index contributed by atoms with van der Waals surface area (Å²) in [6, 6.07) is 11.8. The monoisotopic (exact) mass is 266 g/mol. The van der Waals surface area contributed by atoms with Crippen LogP contribution in [-0.2, 0) is 4.79 Å². The molecule has 2 N–H and O–H groups in total. The molecule has 2 heterocycles. The maximum atomic E-state index is 11.2. The van der Waals surface area contributed by atoms with Gasteiger partial charge in [-0.15, -0.1) is 0 Å². The third-order valence-electron chi connectivity index (χ3n) is 3.45. The molecule has 0 saturated carbocycles. The number of amides is 1. The van der Waals surface area contributed by atoms with Crippen molar-refractivity contribution < 1.29 is 4.79 Å². The van der Waals surface area contributed by atoms with E-state index in [0.29, 0.717) is 24.3 Å². The standard InChI is InChI=1S/C15H14N4O/c16-8-11-7-10-3-1-2-4-13(10)19-15(11)17-9-12-5-6-14(20)18-12/h1-4,7,12H,5-6,9H2,(H,17,19)(H,18,20). The van der Waals surface area contributed by atoms with Crippen molar-refractivity contribution in [3.05, 3.63) is 35.9 Å². The van der Waals surface area contributed by atoms with Gasteiger partial charge in [-0.1, -0.05) is 18.2 Å². The van der Waals surface area contributed by atoms with Crippen molar-refractivity contribution in [2.24, 2.45) is 0 Å². The largest absolute Gasteiger partial charge is 0.367 e. The van der Waals surface area contributed by atoms with Crippen molar-refractivity contribution in [3.8, 4) is 6.07 Å². The highest BCUT2D eigenvalue weighted by Gasteiger charge is 2.20. The second-order valence-corrected chi connectivity index (χ2v) is 4.87. The predicted octanol–water partition coefficient (Wildman–Crippen LogP) is 1.80. The minimum Gasteiger partial charge on any atom is -0.367 e. The van der Waals surface area contributed by atoms with E-state index in [1.807, 2.05) is 30.3 Å². The van der Waals surface area contributed by atoms with Crippen LogP contribution < -0.4 is 10.6 Å². The first kappa shape index (κ1) is 12.4. The Bertz CT molecular complexity index is 705. The summed E-state index contributed by atoms with van der Waals surface area (Å²) < 4.78 is 0. The lowest BCUT2D eigenvalue weighted by Gasteiger charge is -2.13. The van der Waals surface area contributed by atoms with Crippen LogP contribution in [0.3, 0.4) is 0 Å². The molecule has 5 heteroatoms. The van der Waals surface area contributed by atoms with Crippen LogP contribution in [0.4, 0.5) is 5.82 Å². The molecule has 0 spiro atoms. The molecule has 1 saturated heterocycles. The predicted molar refractivity (Wildman–Crippen MR) is 76.1 cm³/mol. The van der Waals surface area contributed by atoms with Crippen LogP contribution in [0, 0.1) is 11.3 Å². The van der Waals surface area contributed by atoms with E-state index in [-0.39, 0.29) is 11.9 Å².